The van der Waals surface area contributed by atoms with E-state index >= 15 is 0 Å². The predicted molar refractivity (Wildman–Crippen MR) is 77.2 cm³/mol. The summed E-state index contributed by atoms with van der Waals surface area (Å²) in [4.78, 5) is 12.6. The summed E-state index contributed by atoms with van der Waals surface area (Å²) in [6.07, 6.45) is 5.20. The van der Waals surface area contributed by atoms with Gasteiger partial charge in [-0.2, -0.15) is 15.0 Å². The number of ether oxygens (including phenoxy) is 1. The molecule has 5 heteroatoms. The van der Waals surface area contributed by atoms with Crippen molar-refractivity contribution in [3.8, 4) is 0 Å². The summed E-state index contributed by atoms with van der Waals surface area (Å²) >= 11 is 0. The summed E-state index contributed by atoms with van der Waals surface area (Å²) in [5, 5.41) is 8.81. The van der Waals surface area contributed by atoms with E-state index in [1.165, 1.54) is 6.08 Å². The van der Waals surface area contributed by atoms with Crippen molar-refractivity contribution in [1.29, 1.82) is 0 Å². The van der Waals surface area contributed by atoms with E-state index in [4.69, 9.17) is 4.74 Å². The molecule has 1 heterocycles. The molecule has 0 fully saturated rings. The smallest absolute Gasteiger partial charge is 0.330 e. The van der Waals surface area contributed by atoms with Gasteiger partial charge in [-0.15, -0.1) is 0 Å². The van der Waals surface area contributed by atoms with Crippen molar-refractivity contribution < 1.29 is 9.53 Å². The Morgan fingerprint density at radius 1 is 1.15 bits per heavy atom. The fraction of sp³-hybridized carbons (Fsp3) is 0.400. The average molecular weight is 273 g/mol. The molecule has 0 atom stereocenters. The number of carbonyl (C=O) groups is 1. The van der Waals surface area contributed by atoms with Crippen LogP contribution in [0.2, 0.25) is 0 Å². The molecule has 1 aromatic heterocycles. The molecule has 0 bridgehead atoms. The van der Waals surface area contributed by atoms with Gasteiger partial charge < -0.3 is 4.74 Å². The van der Waals surface area contributed by atoms with Crippen molar-refractivity contribution >= 4 is 17.0 Å². The minimum absolute atomic E-state index is 0.350. The van der Waals surface area contributed by atoms with Crippen LogP contribution in [0.15, 0.2) is 36.9 Å². The van der Waals surface area contributed by atoms with E-state index in [1.807, 2.05) is 24.3 Å². The van der Waals surface area contributed by atoms with E-state index in [0.717, 1.165) is 43.3 Å². The Hall–Kier alpha value is -2.17. The van der Waals surface area contributed by atoms with Gasteiger partial charge in [0.15, 0.2) is 0 Å². The summed E-state index contributed by atoms with van der Waals surface area (Å²) in [6.45, 7) is 4.64. The zero-order valence-electron chi connectivity index (χ0n) is 11.5. The van der Waals surface area contributed by atoms with Crippen LogP contribution >= 0.6 is 0 Å². The quantitative estimate of drug-likeness (QED) is 0.421. The van der Waals surface area contributed by atoms with Crippen LogP contribution in [0.4, 0.5) is 0 Å². The molecule has 1 aromatic carbocycles. The van der Waals surface area contributed by atoms with Crippen LogP contribution in [-0.2, 0) is 16.1 Å². The minimum Gasteiger partial charge on any atom is -0.463 e. The second kappa shape index (κ2) is 7.43. The monoisotopic (exact) mass is 273 g/mol. The third-order valence-corrected chi connectivity index (χ3v) is 2.99. The minimum atomic E-state index is -0.350. The molecule has 0 radical (unpaired) electrons. The number of fused-ring (bicyclic) bond motifs is 1. The third-order valence-electron chi connectivity index (χ3n) is 2.99. The highest BCUT2D eigenvalue weighted by Gasteiger charge is 2.01. The molecule has 0 aliphatic carbocycles. The fourth-order valence-corrected chi connectivity index (χ4v) is 1.94. The number of aromatic nitrogens is 3. The Bertz CT molecular complexity index is 544. The highest BCUT2D eigenvalue weighted by molar-refractivity contribution is 5.81. The van der Waals surface area contributed by atoms with Gasteiger partial charge in [0.1, 0.15) is 11.0 Å². The topological polar surface area (TPSA) is 57.0 Å². The van der Waals surface area contributed by atoms with Crippen molar-refractivity contribution in [2.75, 3.05) is 6.61 Å². The number of hydrogen-bond donors (Lipinski definition) is 0. The number of nitrogens with zero attached hydrogens (tertiary/aromatic N) is 3. The molecular formula is C15H19N3O2. The molecule has 0 aliphatic rings. The highest BCUT2D eigenvalue weighted by Crippen LogP contribution is 2.08. The summed E-state index contributed by atoms with van der Waals surface area (Å²) < 4.78 is 4.91. The average Bonchev–Trinajstić information content (AvgIpc) is 2.88. The van der Waals surface area contributed by atoms with Gasteiger partial charge in [0.05, 0.1) is 13.2 Å². The maximum absolute atomic E-state index is 10.8. The molecule has 20 heavy (non-hydrogen) atoms. The summed E-state index contributed by atoms with van der Waals surface area (Å²) in [7, 11) is 0. The number of esters is 1. The first-order chi connectivity index (χ1) is 9.79. The van der Waals surface area contributed by atoms with Gasteiger partial charge in [0.25, 0.3) is 0 Å². The molecule has 0 spiro atoms. The van der Waals surface area contributed by atoms with Crippen LogP contribution in [0, 0.1) is 0 Å². The summed E-state index contributed by atoms with van der Waals surface area (Å²) in [5.41, 5.74) is 1.87. The van der Waals surface area contributed by atoms with Crippen LogP contribution in [0.5, 0.6) is 0 Å². The molecule has 106 valence electrons. The Morgan fingerprint density at radius 2 is 1.80 bits per heavy atom. The first kappa shape index (κ1) is 14.2. The van der Waals surface area contributed by atoms with Gasteiger partial charge in [-0.25, -0.2) is 4.79 Å². The van der Waals surface area contributed by atoms with Crippen LogP contribution in [0.3, 0.4) is 0 Å². The van der Waals surface area contributed by atoms with E-state index in [0.29, 0.717) is 6.61 Å². The molecule has 2 aromatic rings. The number of hydrogen-bond acceptors (Lipinski definition) is 4. The first-order valence-corrected chi connectivity index (χ1v) is 6.88. The lowest BCUT2D eigenvalue weighted by Crippen LogP contribution is -2.03. The Balaban J connectivity index is 1.61. The molecule has 5 nitrogen and oxygen atoms in total. The number of carbonyl (C=O) groups excluding carboxylic acids is 1. The van der Waals surface area contributed by atoms with E-state index in [1.54, 1.807) is 4.80 Å². The molecule has 0 N–H and O–H groups in total. The van der Waals surface area contributed by atoms with E-state index < -0.39 is 0 Å². The van der Waals surface area contributed by atoms with Crippen LogP contribution < -0.4 is 0 Å². The van der Waals surface area contributed by atoms with Crippen molar-refractivity contribution in [3.63, 3.8) is 0 Å². The van der Waals surface area contributed by atoms with Crippen molar-refractivity contribution in [1.82, 2.24) is 15.0 Å². The molecule has 0 aliphatic heterocycles. The SMILES string of the molecule is C=CC(=O)OCCCCCCn1nc2ccccc2n1. The zero-order valence-corrected chi connectivity index (χ0v) is 11.5. The zero-order chi connectivity index (χ0) is 14.2. The maximum Gasteiger partial charge on any atom is 0.330 e. The summed E-state index contributed by atoms with van der Waals surface area (Å²) in [5.74, 6) is -0.350. The molecule has 0 saturated heterocycles. The molecule has 2 rings (SSSR count). The lowest BCUT2D eigenvalue weighted by Gasteiger charge is -2.02. The molecule has 0 unspecified atom stereocenters. The third kappa shape index (κ3) is 4.19. The predicted octanol–water partition coefficient (Wildman–Crippen LogP) is 2.72. The Labute approximate surface area is 118 Å². The second-order valence-corrected chi connectivity index (χ2v) is 4.57. The maximum atomic E-state index is 10.8. The largest absolute Gasteiger partial charge is 0.463 e. The van der Waals surface area contributed by atoms with Crippen molar-refractivity contribution in [3.05, 3.63) is 36.9 Å². The van der Waals surface area contributed by atoms with Gasteiger partial charge >= 0.3 is 5.97 Å². The van der Waals surface area contributed by atoms with Gasteiger partial charge in [0.2, 0.25) is 0 Å². The summed E-state index contributed by atoms with van der Waals surface area (Å²) in [6, 6.07) is 7.86. The normalized spacial score (nSPS) is 10.6. The van der Waals surface area contributed by atoms with E-state index in [9.17, 15) is 4.79 Å². The van der Waals surface area contributed by atoms with Gasteiger partial charge in [0, 0.05) is 6.08 Å². The molecular weight excluding hydrogens is 254 g/mol. The Morgan fingerprint density at radius 3 is 2.45 bits per heavy atom. The van der Waals surface area contributed by atoms with Crippen molar-refractivity contribution in [2.24, 2.45) is 0 Å². The lowest BCUT2D eigenvalue weighted by atomic mass is 10.2. The van der Waals surface area contributed by atoms with Crippen molar-refractivity contribution in [2.45, 2.75) is 32.2 Å². The number of benzene rings is 1. The molecule has 0 amide bonds. The number of aryl methyl sites for hydroxylation is 1. The fourth-order valence-electron chi connectivity index (χ4n) is 1.94. The van der Waals surface area contributed by atoms with Crippen LogP contribution in [0.25, 0.3) is 11.0 Å². The van der Waals surface area contributed by atoms with Gasteiger partial charge in [-0.3, -0.25) is 0 Å². The van der Waals surface area contributed by atoms with E-state index in [2.05, 4.69) is 16.8 Å². The van der Waals surface area contributed by atoms with Crippen LogP contribution in [-0.4, -0.2) is 27.6 Å². The molecule has 0 saturated carbocycles. The number of rotatable bonds is 8. The first-order valence-electron chi connectivity index (χ1n) is 6.88. The van der Waals surface area contributed by atoms with E-state index in [-0.39, 0.29) is 5.97 Å². The number of unbranched alkanes of at least 4 members (excludes halogenated alkanes) is 3. The highest BCUT2D eigenvalue weighted by atomic mass is 16.5. The van der Waals surface area contributed by atoms with Crippen LogP contribution in [0.1, 0.15) is 25.7 Å². The standard InChI is InChI=1S/C15H19N3O2/c1-2-15(19)20-12-8-4-3-7-11-18-16-13-9-5-6-10-14(13)17-18/h2,5-6,9-10H,1,3-4,7-8,11-12H2. The van der Waals surface area contributed by atoms with Gasteiger partial charge in [-0.05, 0) is 31.4 Å². The van der Waals surface area contributed by atoms with Gasteiger partial charge in [-0.1, -0.05) is 25.1 Å². The second-order valence-electron chi connectivity index (χ2n) is 4.57. The lowest BCUT2D eigenvalue weighted by molar-refractivity contribution is -0.137. The Kier molecular flexibility index (Phi) is 5.29.